The molecule has 38 heavy (non-hydrogen) atoms. The van der Waals surface area contributed by atoms with Crippen LogP contribution in [0.15, 0.2) is 17.4 Å². The summed E-state index contributed by atoms with van der Waals surface area (Å²) < 4.78 is 0. The number of likely N-dealkylation sites (N-methyl/N-ethyl adjacent to an activating group) is 1. The number of fused-ring (bicyclic) bond motifs is 3. The van der Waals surface area contributed by atoms with Crippen LogP contribution in [0.1, 0.15) is 48.7 Å². The van der Waals surface area contributed by atoms with Crippen molar-refractivity contribution in [3.63, 3.8) is 0 Å². The van der Waals surface area contributed by atoms with Crippen LogP contribution in [0, 0.1) is 23.2 Å². The van der Waals surface area contributed by atoms with Gasteiger partial charge in [-0.2, -0.15) is 0 Å². The van der Waals surface area contributed by atoms with Gasteiger partial charge in [0.25, 0.3) is 0 Å². The fourth-order valence-corrected chi connectivity index (χ4v) is 6.41. The Morgan fingerprint density at radius 1 is 1.21 bits per heavy atom. The fourth-order valence-electron chi connectivity index (χ4n) is 6.41. The molecule has 1 aromatic rings. The molecule has 0 saturated heterocycles. The fraction of sp³-hybridized carbons (Fsp3) is 0.593. The number of carbonyl (C=O) groups excluding carboxylic acids is 3. The summed E-state index contributed by atoms with van der Waals surface area (Å²) in [6.07, 6.45) is -1.50. The zero-order valence-corrected chi connectivity index (χ0v) is 22.3. The molecule has 0 bridgehead atoms. The lowest BCUT2D eigenvalue weighted by Gasteiger charge is -2.53. The highest BCUT2D eigenvalue weighted by Gasteiger charge is 2.66. The molecule has 11 nitrogen and oxygen atoms in total. The van der Waals surface area contributed by atoms with E-state index in [0.717, 1.165) is 0 Å². The first-order chi connectivity index (χ1) is 17.5. The van der Waals surface area contributed by atoms with E-state index in [9.17, 15) is 39.9 Å². The third-order valence-electron chi connectivity index (χ3n) is 8.12. The highest BCUT2D eigenvalue weighted by atomic mass is 16.4. The van der Waals surface area contributed by atoms with Gasteiger partial charge in [0.2, 0.25) is 5.91 Å². The third kappa shape index (κ3) is 4.17. The smallest absolute Gasteiger partial charge is 0.230 e. The number of aliphatic hydroxyl groups is 3. The number of Topliss-reactive ketones (excluding diaryl/α,β-unsaturated/α-hetero) is 2. The van der Waals surface area contributed by atoms with E-state index in [1.807, 2.05) is 20.8 Å². The van der Waals surface area contributed by atoms with E-state index in [2.05, 4.69) is 5.32 Å². The number of nitrogens with one attached hydrogen (secondary N) is 1. The van der Waals surface area contributed by atoms with Crippen molar-refractivity contribution >= 4 is 17.5 Å². The number of ketones is 2. The van der Waals surface area contributed by atoms with Gasteiger partial charge in [-0.1, -0.05) is 20.8 Å². The Hall–Kier alpha value is -2.99. The highest BCUT2D eigenvalue weighted by Crippen LogP contribution is 2.53. The number of allylic oxidation sites excluding steroid dienone is 1. The van der Waals surface area contributed by atoms with Crippen molar-refractivity contribution in [1.82, 2.24) is 10.2 Å². The summed E-state index contributed by atoms with van der Waals surface area (Å²) >= 11 is 0. The molecule has 0 aromatic heterocycles. The lowest BCUT2D eigenvalue weighted by Crippen LogP contribution is -2.71. The molecule has 4 rings (SSSR count). The van der Waals surface area contributed by atoms with Gasteiger partial charge in [-0.15, -0.1) is 0 Å². The second-order valence-corrected chi connectivity index (χ2v) is 12.2. The number of phenols is 2. The number of nitrogens with zero attached hydrogens (tertiary/aromatic N) is 1. The Morgan fingerprint density at radius 3 is 2.39 bits per heavy atom. The van der Waals surface area contributed by atoms with Crippen LogP contribution in [0.25, 0.3) is 0 Å². The lowest BCUT2D eigenvalue weighted by atomic mass is 9.56. The molecule has 2 unspecified atom stereocenters. The molecule has 208 valence electrons. The number of primary amides is 1. The molecule has 0 radical (unpaired) electrons. The molecular weight excluding hydrogens is 494 g/mol. The van der Waals surface area contributed by atoms with E-state index in [1.165, 1.54) is 6.07 Å². The van der Waals surface area contributed by atoms with E-state index >= 15 is 0 Å². The van der Waals surface area contributed by atoms with Gasteiger partial charge in [-0.3, -0.25) is 14.4 Å². The van der Waals surface area contributed by atoms with Crippen molar-refractivity contribution in [2.45, 2.75) is 57.9 Å². The third-order valence-corrected chi connectivity index (χ3v) is 8.12. The summed E-state index contributed by atoms with van der Waals surface area (Å²) in [7, 11) is 3.19. The van der Waals surface area contributed by atoms with Crippen LogP contribution in [0.4, 0.5) is 0 Å². The molecule has 1 saturated carbocycles. The van der Waals surface area contributed by atoms with Gasteiger partial charge in [0.1, 0.15) is 23.2 Å². The molecule has 0 aliphatic heterocycles. The number of nitrogens with two attached hydrogens (primary N) is 1. The summed E-state index contributed by atoms with van der Waals surface area (Å²) in [6.45, 7) is 6.85. The number of aliphatic hydroxyl groups excluding tert-OH is 2. The van der Waals surface area contributed by atoms with Crippen molar-refractivity contribution in [2.75, 3.05) is 20.6 Å². The number of hydrogen-bond donors (Lipinski definition) is 7. The monoisotopic (exact) mass is 531 g/mol. The topological polar surface area (TPSA) is 194 Å². The zero-order valence-electron chi connectivity index (χ0n) is 22.3. The van der Waals surface area contributed by atoms with Gasteiger partial charge in [-0.25, -0.2) is 0 Å². The summed E-state index contributed by atoms with van der Waals surface area (Å²) in [5.41, 5.74) is 2.74. The summed E-state index contributed by atoms with van der Waals surface area (Å²) in [5.74, 6) is -8.18. The van der Waals surface area contributed by atoms with E-state index in [1.54, 1.807) is 19.0 Å². The van der Waals surface area contributed by atoms with E-state index in [0.29, 0.717) is 6.54 Å². The number of phenolic OH excluding ortho intramolecular Hbond substituents is 2. The minimum absolute atomic E-state index is 0.00665. The van der Waals surface area contributed by atoms with E-state index in [4.69, 9.17) is 5.73 Å². The Kier molecular flexibility index (Phi) is 6.89. The largest absolute Gasteiger partial charge is 0.508 e. The quantitative estimate of drug-likeness (QED) is 0.203. The number of rotatable bonds is 5. The van der Waals surface area contributed by atoms with Crippen LogP contribution in [0.3, 0.4) is 0 Å². The van der Waals surface area contributed by atoms with Crippen LogP contribution in [-0.4, -0.2) is 86.3 Å². The Bertz CT molecular complexity index is 1230. The van der Waals surface area contributed by atoms with Crippen molar-refractivity contribution in [1.29, 1.82) is 0 Å². The minimum Gasteiger partial charge on any atom is -0.508 e. The maximum atomic E-state index is 13.8. The molecule has 0 spiro atoms. The first kappa shape index (κ1) is 28.0. The number of amides is 1. The summed E-state index contributed by atoms with van der Waals surface area (Å²) in [5, 5.41) is 59.0. The van der Waals surface area contributed by atoms with Crippen LogP contribution in [0.2, 0.25) is 0 Å². The molecule has 0 heterocycles. The van der Waals surface area contributed by atoms with Crippen molar-refractivity contribution < 1.29 is 39.9 Å². The highest BCUT2D eigenvalue weighted by molar-refractivity contribution is 6.16. The number of aromatic hydroxyl groups is 2. The molecule has 1 fully saturated rings. The first-order valence-electron chi connectivity index (χ1n) is 12.7. The molecule has 3 aliphatic rings. The maximum Gasteiger partial charge on any atom is 0.230 e. The molecule has 8 N–H and O–H groups in total. The summed E-state index contributed by atoms with van der Waals surface area (Å²) in [4.78, 5) is 40.8. The molecular formula is C27H37N3O8. The van der Waals surface area contributed by atoms with Crippen molar-refractivity contribution in [2.24, 2.45) is 28.9 Å². The lowest BCUT2D eigenvalue weighted by molar-refractivity contribution is -0.178. The molecule has 1 amide bonds. The van der Waals surface area contributed by atoms with Gasteiger partial charge in [-0.05, 0) is 44.3 Å². The van der Waals surface area contributed by atoms with Gasteiger partial charge >= 0.3 is 0 Å². The molecule has 11 heteroatoms. The number of carbonyl (C=O) groups is 3. The van der Waals surface area contributed by atoms with Crippen molar-refractivity contribution in [3.05, 3.63) is 34.1 Å². The SMILES string of the molecule is CN(C)[C@@H]1C(O)C(C(N)=O)C(=O)[C@@]2(O)C(O)=C3C(=O)c4c(O)c(CNCC(C)(C)C)cc(O)c4C[C@H]3C[C@@H]12. The first-order valence-corrected chi connectivity index (χ1v) is 12.7. The number of benzene rings is 1. The van der Waals surface area contributed by atoms with Gasteiger partial charge < -0.3 is 41.5 Å². The van der Waals surface area contributed by atoms with Crippen LogP contribution in [0.5, 0.6) is 11.5 Å². The predicted molar refractivity (Wildman–Crippen MR) is 136 cm³/mol. The Balaban J connectivity index is 1.83. The number of hydrogen-bond acceptors (Lipinski definition) is 10. The summed E-state index contributed by atoms with van der Waals surface area (Å²) in [6, 6.07) is 0.451. The molecule has 3 aliphatic carbocycles. The second-order valence-electron chi connectivity index (χ2n) is 12.2. The van der Waals surface area contributed by atoms with Crippen LogP contribution in [-0.2, 0) is 22.6 Å². The normalized spacial score (nSPS) is 31.2. The molecule has 6 atom stereocenters. The standard InChI is InChI=1S/C27H37N3O8/c1-26(2,3)10-29-9-12-8-15(31)13-6-11-7-14-19(30(4)5)22(34)18(25(28)37)24(36)27(14,38)23(35)16(11)21(33)17(13)20(12)32/h8,11,14,18-19,22,29,31-32,34-35,38H,6-7,9-10H2,1-5H3,(H2,28,37)/t11-,14-,18?,19-,22?,27-/m0/s1. The molecule has 1 aromatic carbocycles. The Labute approximate surface area is 220 Å². The second kappa shape index (κ2) is 9.33. The van der Waals surface area contributed by atoms with Gasteiger partial charge in [0.15, 0.2) is 17.2 Å². The van der Waals surface area contributed by atoms with Crippen molar-refractivity contribution in [3.8, 4) is 11.5 Å². The van der Waals surface area contributed by atoms with Crippen LogP contribution >= 0.6 is 0 Å². The van der Waals surface area contributed by atoms with Gasteiger partial charge in [0.05, 0.1) is 11.7 Å². The van der Waals surface area contributed by atoms with Crippen LogP contribution < -0.4 is 11.1 Å². The van der Waals surface area contributed by atoms with E-state index in [-0.39, 0.29) is 58.6 Å². The zero-order chi connectivity index (χ0) is 28.5. The maximum absolute atomic E-state index is 13.8. The van der Waals surface area contributed by atoms with E-state index < -0.39 is 58.7 Å². The van der Waals surface area contributed by atoms with Gasteiger partial charge in [0, 0.05) is 41.7 Å². The average molecular weight is 532 g/mol. The average Bonchev–Trinajstić information content (AvgIpc) is 2.78. The Morgan fingerprint density at radius 2 is 1.84 bits per heavy atom. The minimum atomic E-state index is -2.64. The predicted octanol–water partition coefficient (Wildman–Crippen LogP) is 0.127.